The highest BCUT2D eigenvalue weighted by Gasteiger charge is 2.15. The Bertz CT molecular complexity index is 1150. The first-order chi connectivity index (χ1) is 12.5. The molecule has 0 radical (unpaired) electrons. The second-order valence-corrected chi connectivity index (χ2v) is 7.16. The number of anilines is 2. The smallest absolute Gasteiger partial charge is 0.277 e. The number of para-hydroxylation sites is 1. The third-order valence-electron chi connectivity index (χ3n) is 3.61. The second-order valence-electron chi connectivity index (χ2n) is 5.36. The van der Waals surface area contributed by atoms with Crippen LogP contribution in [0.1, 0.15) is 5.56 Å². The van der Waals surface area contributed by atoms with E-state index < -0.39 is 0 Å². The number of hydrogen-bond donors (Lipinski definition) is 1. The molecule has 0 aliphatic rings. The highest BCUT2D eigenvalue weighted by molar-refractivity contribution is 7.22. The molecule has 0 saturated heterocycles. The zero-order chi connectivity index (χ0) is 18.3. The number of fused-ring (bicyclic) bond motifs is 1. The Hall–Kier alpha value is -2.55. The van der Waals surface area contributed by atoms with Gasteiger partial charge in [0.15, 0.2) is 21.7 Å². The first-order valence-electron chi connectivity index (χ1n) is 7.43. The van der Waals surface area contributed by atoms with Crippen molar-refractivity contribution in [2.75, 3.05) is 5.32 Å². The van der Waals surface area contributed by atoms with Crippen LogP contribution in [0.25, 0.3) is 16.0 Å². The van der Waals surface area contributed by atoms with Gasteiger partial charge in [0.05, 0.1) is 10.7 Å². The van der Waals surface area contributed by atoms with Crippen LogP contribution in [0.2, 0.25) is 10.2 Å². The van der Waals surface area contributed by atoms with Crippen molar-refractivity contribution in [1.82, 2.24) is 24.7 Å². The minimum absolute atomic E-state index is 0.237. The Morgan fingerprint density at radius 3 is 2.73 bits per heavy atom. The fourth-order valence-corrected chi connectivity index (χ4v) is 3.72. The maximum atomic E-state index is 12.9. The van der Waals surface area contributed by atoms with Crippen molar-refractivity contribution < 1.29 is 0 Å². The molecule has 7 nitrogen and oxygen atoms in total. The molecule has 4 rings (SSSR count). The van der Waals surface area contributed by atoms with Crippen LogP contribution >= 0.6 is 34.5 Å². The molecule has 0 fully saturated rings. The van der Waals surface area contributed by atoms with Crippen LogP contribution in [0.4, 0.5) is 10.9 Å². The molecule has 4 aromatic rings. The van der Waals surface area contributed by atoms with Crippen LogP contribution in [0.15, 0.2) is 41.5 Å². The third-order valence-corrected chi connectivity index (χ3v) is 5.07. The first-order valence-corrected chi connectivity index (χ1v) is 9.00. The summed E-state index contributed by atoms with van der Waals surface area (Å²) in [6, 6.07) is 8.73. The van der Waals surface area contributed by atoms with E-state index in [4.69, 9.17) is 23.2 Å². The summed E-state index contributed by atoms with van der Waals surface area (Å²) in [6.07, 6.45) is 1.43. The maximum Gasteiger partial charge on any atom is 0.277 e. The number of aryl methyl sites for hydroxylation is 1. The summed E-state index contributed by atoms with van der Waals surface area (Å²) in [5.74, 6) is 0.468. The van der Waals surface area contributed by atoms with E-state index in [0.717, 1.165) is 5.56 Å². The molecule has 1 N–H and O–H groups in total. The van der Waals surface area contributed by atoms with Crippen LogP contribution in [0.3, 0.4) is 0 Å². The average Bonchev–Trinajstić information content (AvgIpc) is 3.02. The Labute approximate surface area is 161 Å². The monoisotopic (exact) mass is 404 g/mol. The van der Waals surface area contributed by atoms with Gasteiger partial charge in [-0.1, -0.05) is 46.7 Å². The number of nitrogens with zero attached hydrogens (tertiary/aromatic N) is 5. The van der Waals surface area contributed by atoms with Gasteiger partial charge in [-0.25, -0.2) is 4.98 Å². The van der Waals surface area contributed by atoms with Gasteiger partial charge in [0, 0.05) is 0 Å². The van der Waals surface area contributed by atoms with E-state index in [9.17, 15) is 4.79 Å². The van der Waals surface area contributed by atoms with Gasteiger partial charge in [-0.3, -0.25) is 9.36 Å². The standard InChI is InChI=1S/C16H10Cl2N6OS/c1-8-3-2-4-9(17)12(8)24-7-19-14-13(15(24)25)26-16(21-14)20-11-6-5-10(18)22-23-11/h2-7H,1H3,(H,20,21,23). The molecule has 3 aromatic heterocycles. The molecule has 10 heteroatoms. The van der Waals surface area contributed by atoms with Gasteiger partial charge >= 0.3 is 0 Å². The Balaban J connectivity index is 1.79. The van der Waals surface area contributed by atoms with E-state index in [1.54, 1.807) is 18.2 Å². The number of hydrogen-bond acceptors (Lipinski definition) is 7. The van der Waals surface area contributed by atoms with Gasteiger partial charge in [-0.15, -0.1) is 10.2 Å². The van der Waals surface area contributed by atoms with Crippen molar-refractivity contribution in [3.8, 4) is 5.69 Å². The summed E-state index contributed by atoms with van der Waals surface area (Å²) >= 11 is 13.2. The predicted octanol–water partition coefficient (Wildman–Crippen LogP) is 3.99. The summed E-state index contributed by atoms with van der Waals surface area (Å²) in [5.41, 5.74) is 1.60. The minimum atomic E-state index is -0.237. The molecule has 0 aliphatic heterocycles. The predicted molar refractivity (Wildman–Crippen MR) is 103 cm³/mol. The SMILES string of the molecule is Cc1cccc(Cl)c1-n1cnc2nc(Nc3ccc(Cl)nn3)sc2c1=O. The summed E-state index contributed by atoms with van der Waals surface area (Å²) in [4.78, 5) is 21.5. The number of rotatable bonds is 3. The summed E-state index contributed by atoms with van der Waals surface area (Å²) in [7, 11) is 0. The van der Waals surface area contributed by atoms with E-state index in [-0.39, 0.29) is 5.56 Å². The van der Waals surface area contributed by atoms with Crippen molar-refractivity contribution in [2.45, 2.75) is 6.92 Å². The van der Waals surface area contributed by atoms with Crippen LogP contribution in [-0.4, -0.2) is 24.7 Å². The lowest BCUT2D eigenvalue weighted by atomic mass is 10.2. The molecular formula is C16H10Cl2N6OS. The molecular weight excluding hydrogens is 395 g/mol. The molecule has 130 valence electrons. The fourth-order valence-electron chi connectivity index (χ4n) is 2.45. The maximum absolute atomic E-state index is 12.9. The van der Waals surface area contributed by atoms with Gasteiger partial charge in [0.1, 0.15) is 11.0 Å². The van der Waals surface area contributed by atoms with Gasteiger partial charge in [0.25, 0.3) is 5.56 Å². The van der Waals surface area contributed by atoms with Crippen LogP contribution in [-0.2, 0) is 0 Å². The zero-order valence-corrected chi connectivity index (χ0v) is 15.6. The highest BCUT2D eigenvalue weighted by Crippen LogP contribution is 2.26. The van der Waals surface area contributed by atoms with Crippen LogP contribution in [0, 0.1) is 6.92 Å². The molecule has 0 amide bonds. The van der Waals surface area contributed by atoms with Gasteiger partial charge < -0.3 is 5.32 Å². The van der Waals surface area contributed by atoms with E-state index >= 15 is 0 Å². The topological polar surface area (TPSA) is 85.6 Å². The lowest BCUT2D eigenvalue weighted by Crippen LogP contribution is -2.19. The van der Waals surface area contributed by atoms with Gasteiger partial charge in [0.2, 0.25) is 0 Å². The zero-order valence-electron chi connectivity index (χ0n) is 13.3. The molecule has 3 heterocycles. The van der Waals surface area contributed by atoms with Crippen molar-refractivity contribution in [3.05, 3.63) is 62.8 Å². The average molecular weight is 405 g/mol. The Morgan fingerprint density at radius 1 is 1.15 bits per heavy atom. The molecule has 0 atom stereocenters. The molecule has 1 aromatic carbocycles. The summed E-state index contributed by atoms with van der Waals surface area (Å²) < 4.78 is 1.85. The van der Waals surface area contributed by atoms with Crippen molar-refractivity contribution in [3.63, 3.8) is 0 Å². The number of thiazole rings is 1. The number of halogens is 2. The van der Waals surface area contributed by atoms with Crippen molar-refractivity contribution in [1.29, 1.82) is 0 Å². The van der Waals surface area contributed by atoms with E-state index in [1.165, 1.54) is 22.2 Å². The molecule has 26 heavy (non-hydrogen) atoms. The van der Waals surface area contributed by atoms with E-state index in [1.807, 2.05) is 19.1 Å². The minimum Gasteiger partial charge on any atom is -0.315 e. The normalized spacial score (nSPS) is 11.0. The van der Waals surface area contributed by atoms with Crippen LogP contribution in [0.5, 0.6) is 0 Å². The largest absolute Gasteiger partial charge is 0.315 e. The van der Waals surface area contributed by atoms with E-state index in [0.29, 0.717) is 37.2 Å². The van der Waals surface area contributed by atoms with Crippen molar-refractivity contribution in [2.24, 2.45) is 0 Å². The summed E-state index contributed by atoms with van der Waals surface area (Å²) in [5, 5.41) is 11.9. The first kappa shape index (κ1) is 16.9. The second kappa shape index (κ2) is 6.64. The molecule has 0 spiro atoms. The Kier molecular flexibility index (Phi) is 4.31. The highest BCUT2D eigenvalue weighted by atomic mass is 35.5. The number of nitrogens with one attached hydrogen (secondary N) is 1. The van der Waals surface area contributed by atoms with Crippen LogP contribution < -0.4 is 10.9 Å². The lowest BCUT2D eigenvalue weighted by Gasteiger charge is -2.10. The number of aromatic nitrogens is 5. The Morgan fingerprint density at radius 2 is 2.00 bits per heavy atom. The quantitative estimate of drug-likeness (QED) is 0.555. The fraction of sp³-hybridized carbons (Fsp3) is 0.0625. The van der Waals surface area contributed by atoms with Gasteiger partial charge in [-0.05, 0) is 30.7 Å². The van der Waals surface area contributed by atoms with Gasteiger partial charge in [-0.2, -0.15) is 4.98 Å². The van der Waals surface area contributed by atoms with E-state index in [2.05, 4.69) is 25.5 Å². The number of benzene rings is 1. The van der Waals surface area contributed by atoms with Crippen molar-refractivity contribution >= 4 is 55.8 Å². The third kappa shape index (κ3) is 3.03. The molecule has 0 saturated carbocycles. The molecule has 0 bridgehead atoms. The molecule has 0 unspecified atom stereocenters. The summed E-state index contributed by atoms with van der Waals surface area (Å²) in [6.45, 7) is 1.89. The molecule has 0 aliphatic carbocycles. The lowest BCUT2D eigenvalue weighted by molar-refractivity contribution is 0.952.